The van der Waals surface area contributed by atoms with E-state index in [1.54, 1.807) is 6.92 Å². The van der Waals surface area contributed by atoms with Gasteiger partial charge in [-0.3, -0.25) is 4.68 Å². The minimum atomic E-state index is -0.472. The lowest BCUT2D eigenvalue weighted by atomic mass is 10.1. The van der Waals surface area contributed by atoms with Gasteiger partial charge in [0.15, 0.2) is 5.69 Å². The lowest BCUT2D eigenvalue weighted by Gasteiger charge is -2.26. The third-order valence-electron chi connectivity index (χ3n) is 5.61. The van der Waals surface area contributed by atoms with Gasteiger partial charge in [0.1, 0.15) is 5.60 Å². The summed E-state index contributed by atoms with van der Waals surface area (Å²) in [6, 6.07) is 1.90. The molecule has 4 rings (SSSR count). The van der Waals surface area contributed by atoms with Gasteiger partial charge in [0.25, 0.3) is 0 Å². The molecule has 0 aromatic carbocycles. The number of hydrogen-bond acceptors (Lipinski definition) is 5. The summed E-state index contributed by atoms with van der Waals surface area (Å²) in [4.78, 5) is 26.2. The van der Waals surface area contributed by atoms with Crippen molar-refractivity contribution >= 4 is 12.1 Å². The summed E-state index contributed by atoms with van der Waals surface area (Å²) in [6.45, 7) is 10.1. The summed E-state index contributed by atoms with van der Waals surface area (Å²) in [5.41, 5.74) is 1.06. The Hall–Kier alpha value is -2.05. The Labute approximate surface area is 160 Å². The number of rotatable bonds is 5. The highest BCUT2D eigenvalue weighted by atomic mass is 16.6. The van der Waals surface area contributed by atoms with Gasteiger partial charge < -0.3 is 14.4 Å². The van der Waals surface area contributed by atoms with Crippen LogP contribution in [0.4, 0.5) is 4.79 Å². The normalized spacial score (nSPS) is 26.7. The van der Waals surface area contributed by atoms with Gasteiger partial charge in [0, 0.05) is 31.2 Å². The summed E-state index contributed by atoms with van der Waals surface area (Å²) in [5, 5.41) is 4.54. The molecule has 7 nitrogen and oxygen atoms in total. The number of piperidine rings is 1. The molecule has 0 N–H and O–H groups in total. The van der Waals surface area contributed by atoms with E-state index in [1.165, 1.54) is 12.8 Å². The van der Waals surface area contributed by atoms with Crippen LogP contribution in [0.3, 0.4) is 0 Å². The van der Waals surface area contributed by atoms with Crippen molar-refractivity contribution < 1.29 is 19.1 Å². The third-order valence-corrected chi connectivity index (χ3v) is 5.61. The van der Waals surface area contributed by atoms with Crippen molar-refractivity contribution in [3.63, 3.8) is 0 Å². The molecule has 1 aromatic rings. The number of likely N-dealkylation sites (tertiary alicyclic amines) is 1. The van der Waals surface area contributed by atoms with Crippen molar-refractivity contribution in [3.05, 3.63) is 17.5 Å². The van der Waals surface area contributed by atoms with Crippen LogP contribution in [0.2, 0.25) is 0 Å². The molecule has 1 amide bonds. The minimum absolute atomic E-state index is 0.229. The topological polar surface area (TPSA) is 73.7 Å². The molecule has 0 radical (unpaired) electrons. The summed E-state index contributed by atoms with van der Waals surface area (Å²) in [5.74, 6) is 1.56. The van der Waals surface area contributed by atoms with Gasteiger partial charge in [-0.2, -0.15) is 5.10 Å². The molecule has 3 aliphatic rings. The lowest BCUT2D eigenvalue weighted by Crippen LogP contribution is -2.37. The van der Waals surface area contributed by atoms with Gasteiger partial charge >= 0.3 is 12.1 Å². The number of esters is 1. The Morgan fingerprint density at radius 3 is 2.44 bits per heavy atom. The summed E-state index contributed by atoms with van der Waals surface area (Å²) < 4.78 is 12.6. The van der Waals surface area contributed by atoms with E-state index < -0.39 is 5.60 Å². The summed E-state index contributed by atoms with van der Waals surface area (Å²) >= 11 is 0. The molecule has 2 unspecified atom stereocenters. The van der Waals surface area contributed by atoms with E-state index in [9.17, 15) is 9.59 Å². The van der Waals surface area contributed by atoms with Crippen LogP contribution in [0.1, 0.15) is 62.6 Å². The van der Waals surface area contributed by atoms with Gasteiger partial charge in [-0.15, -0.1) is 0 Å². The highest BCUT2D eigenvalue weighted by Crippen LogP contribution is 2.58. The second-order valence-corrected chi connectivity index (χ2v) is 9.04. The number of amides is 1. The zero-order chi connectivity index (χ0) is 19.3. The van der Waals surface area contributed by atoms with Crippen LogP contribution in [0.25, 0.3) is 0 Å². The Morgan fingerprint density at radius 1 is 1.22 bits per heavy atom. The van der Waals surface area contributed by atoms with E-state index in [0.717, 1.165) is 12.2 Å². The van der Waals surface area contributed by atoms with Crippen molar-refractivity contribution in [1.29, 1.82) is 0 Å². The molecule has 1 aliphatic heterocycles. The second kappa shape index (κ2) is 6.53. The predicted octanol–water partition coefficient (Wildman–Crippen LogP) is 3.05. The number of hydrogen-bond donors (Lipinski definition) is 0. The van der Waals surface area contributed by atoms with Gasteiger partial charge in [-0.05, 0) is 64.4 Å². The maximum absolute atomic E-state index is 12.3. The SMILES string of the molecule is CCOC(=O)c1cc(C2C3CN(C(=O)OC(C)(C)C)CC32)n(CC2CC2)n1. The Bertz CT molecular complexity index is 735. The van der Waals surface area contributed by atoms with Gasteiger partial charge in [-0.25, -0.2) is 9.59 Å². The van der Waals surface area contributed by atoms with E-state index >= 15 is 0 Å². The number of aromatic nitrogens is 2. The number of nitrogens with zero attached hydrogens (tertiary/aromatic N) is 3. The van der Waals surface area contributed by atoms with Crippen LogP contribution >= 0.6 is 0 Å². The van der Waals surface area contributed by atoms with Crippen molar-refractivity contribution in [1.82, 2.24) is 14.7 Å². The van der Waals surface area contributed by atoms with Crippen LogP contribution in [-0.4, -0.2) is 52.0 Å². The van der Waals surface area contributed by atoms with E-state index in [0.29, 0.717) is 49.1 Å². The summed E-state index contributed by atoms with van der Waals surface area (Å²) in [6.07, 6.45) is 2.24. The fourth-order valence-electron chi connectivity index (χ4n) is 4.14. The number of fused-ring (bicyclic) bond motifs is 1. The smallest absolute Gasteiger partial charge is 0.410 e. The zero-order valence-electron chi connectivity index (χ0n) is 16.6. The van der Waals surface area contributed by atoms with E-state index in [1.807, 2.05) is 36.4 Å². The van der Waals surface area contributed by atoms with Crippen molar-refractivity contribution in [2.24, 2.45) is 17.8 Å². The fourth-order valence-corrected chi connectivity index (χ4v) is 4.14. The first-order chi connectivity index (χ1) is 12.8. The molecule has 148 valence electrons. The monoisotopic (exact) mass is 375 g/mol. The Balaban J connectivity index is 1.44. The van der Waals surface area contributed by atoms with Crippen LogP contribution in [0.15, 0.2) is 6.07 Å². The maximum Gasteiger partial charge on any atom is 0.410 e. The molecular formula is C20H29N3O4. The van der Waals surface area contributed by atoms with Crippen LogP contribution < -0.4 is 0 Å². The van der Waals surface area contributed by atoms with Gasteiger partial charge in [-0.1, -0.05) is 0 Å². The first-order valence-corrected chi connectivity index (χ1v) is 9.99. The molecule has 0 bridgehead atoms. The van der Waals surface area contributed by atoms with Gasteiger partial charge in [0.05, 0.1) is 6.61 Å². The Morgan fingerprint density at radius 2 is 1.89 bits per heavy atom. The molecule has 1 saturated heterocycles. The summed E-state index contributed by atoms with van der Waals surface area (Å²) in [7, 11) is 0. The zero-order valence-corrected chi connectivity index (χ0v) is 16.6. The number of ether oxygens (including phenoxy) is 2. The standard InChI is InChI=1S/C20H29N3O4/c1-5-26-18(24)15-8-16(23(21-15)9-12-6-7-12)17-13-10-22(11-14(13)17)19(25)27-20(2,3)4/h8,12-14,17H,5-7,9-11H2,1-4H3. The molecule has 2 atom stereocenters. The van der Waals surface area contributed by atoms with Gasteiger partial charge in [0.2, 0.25) is 0 Å². The fraction of sp³-hybridized carbons (Fsp3) is 0.750. The first-order valence-electron chi connectivity index (χ1n) is 9.99. The van der Waals surface area contributed by atoms with Crippen molar-refractivity contribution in [2.45, 2.75) is 58.6 Å². The average Bonchev–Trinajstić information content (AvgIpc) is 3.41. The van der Waals surface area contributed by atoms with Crippen LogP contribution in [0, 0.1) is 17.8 Å². The molecule has 0 spiro atoms. The van der Waals surface area contributed by atoms with E-state index in [4.69, 9.17) is 9.47 Å². The molecule has 1 aromatic heterocycles. The van der Waals surface area contributed by atoms with E-state index in [-0.39, 0.29) is 12.1 Å². The average molecular weight is 375 g/mol. The quantitative estimate of drug-likeness (QED) is 0.740. The Kier molecular flexibility index (Phi) is 4.43. The molecular weight excluding hydrogens is 346 g/mol. The van der Waals surface area contributed by atoms with Crippen LogP contribution in [0.5, 0.6) is 0 Å². The largest absolute Gasteiger partial charge is 0.461 e. The predicted molar refractivity (Wildman–Crippen MR) is 98.4 cm³/mol. The van der Waals surface area contributed by atoms with Crippen molar-refractivity contribution in [3.8, 4) is 0 Å². The van der Waals surface area contributed by atoms with Crippen molar-refractivity contribution in [2.75, 3.05) is 19.7 Å². The van der Waals surface area contributed by atoms with Crippen LogP contribution in [-0.2, 0) is 16.0 Å². The highest BCUT2D eigenvalue weighted by molar-refractivity contribution is 5.87. The lowest BCUT2D eigenvalue weighted by molar-refractivity contribution is 0.0270. The van der Waals surface area contributed by atoms with E-state index in [2.05, 4.69) is 5.10 Å². The molecule has 3 fully saturated rings. The molecule has 2 heterocycles. The highest BCUT2D eigenvalue weighted by Gasteiger charge is 2.59. The number of carbonyl (C=O) groups excluding carboxylic acids is 2. The molecule has 2 aliphatic carbocycles. The first kappa shape index (κ1) is 18.3. The third kappa shape index (κ3) is 3.82. The molecule has 7 heteroatoms. The maximum atomic E-state index is 12.3. The molecule has 27 heavy (non-hydrogen) atoms. The molecule has 2 saturated carbocycles. The minimum Gasteiger partial charge on any atom is -0.461 e. The number of carbonyl (C=O) groups is 2. The second-order valence-electron chi connectivity index (χ2n) is 9.04.